The Morgan fingerprint density at radius 1 is 0.950 bits per heavy atom. The van der Waals surface area contributed by atoms with Gasteiger partial charge in [-0.05, 0) is 36.4 Å². The van der Waals surface area contributed by atoms with Gasteiger partial charge in [0.2, 0.25) is 0 Å². The second kappa shape index (κ2) is 5.36. The molecule has 98 valence electrons. The Kier molecular flexibility index (Phi) is 3.24. The number of pyridine rings is 2. The second-order valence-corrected chi connectivity index (χ2v) is 4.20. The molecule has 0 fully saturated rings. The zero-order valence-corrected chi connectivity index (χ0v) is 10.6. The van der Waals surface area contributed by atoms with E-state index in [9.17, 15) is 4.79 Å². The van der Waals surface area contributed by atoms with Gasteiger partial charge >= 0.3 is 6.03 Å². The van der Waals surface area contributed by atoms with Crippen LogP contribution in [0.1, 0.15) is 0 Å². The van der Waals surface area contributed by atoms with Crippen LogP contribution >= 0.6 is 0 Å². The minimum atomic E-state index is -0.311. The summed E-state index contributed by atoms with van der Waals surface area (Å²) in [6.07, 6.45) is 4.96. The maximum Gasteiger partial charge on any atom is 0.323 e. The number of carbonyl (C=O) groups is 1. The van der Waals surface area contributed by atoms with E-state index in [1.807, 2.05) is 30.3 Å². The molecule has 2 heterocycles. The number of nitrogens with zero attached hydrogens (tertiary/aromatic N) is 2. The van der Waals surface area contributed by atoms with Crippen molar-refractivity contribution in [2.75, 3.05) is 10.6 Å². The molecule has 5 nitrogen and oxygen atoms in total. The Bertz CT molecular complexity index is 738. The standard InChI is InChI=1S/C15H12N4O/c20-15(18-11-4-2-8-16-10-11)19-14-7-1-6-13-12(14)5-3-9-17-13/h1-10H,(H2,18,19,20). The Balaban J connectivity index is 1.81. The Hall–Kier alpha value is -2.95. The number of amides is 2. The fraction of sp³-hybridized carbons (Fsp3) is 0. The Labute approximate surface area is 115 Å². The van der Waals surface area contributed by atoms with Gasteiger partial charge < -0.3 is 10.6 Å². The third-order valence-electron chi connectivity index (χ3n) is 2.81. The molecule has 0 saturated heterocycles. The number of rotatable bonds is 2. The summed E-state index contributed by atoms with van der Waals surface area (Å²) < 4.78 is 0. The first kappa shape index (κ1) is 12.1. The topological polar surface area (TPSA) is 66.9 Å². The highest BCUT2D eigenvalue weighted by Crippen LogP contribution is 2.21. The molecule has 0 saturated carbocycles. The molecule has 1 aromatic carbocycles. The van der Waals surface area contributed by atoms with Crippen LogP contribution in [-0.2, 0) is 0 Å². The van der Waals surface area contributed by atoms with Crippen LogP contribution < -0.4 is 10.6 Å². The molecule has 3 rings (SSSR count). The van der Waals surface area contributed by atoms with E-state index >= 15 is 0 Å². The lowest BCUT2D eigenvalue weighted by Gasteiger charge is -2.09. The van der Waals surface area contributed by atoms with E-state index in [0.29, 0.717) is 5.69 Å². The summed E-state index contributed by atoms with van der Waals surface area (Å²) in [5, 5.41) is 6.44. The highest BCUT2D eigenvalue weighted by molar-refractivity contribution is 6.05. The molecule has 0 unspecified atom stereocenters. The zero-order valence-electron chi connectivity index (χ0n) is 10.6. The summed E-state index contributed by atoms with van der Waals surface area (Å²) in [6, 6.07) is 12.6. The largest absolute Gasteiger partial charge is 0.323 e. The SMILES string of the molecule is O=C(Nc1cccnc1)Nc1cccc2ncccc12. The first-order valence-electron chi connectivity index (χ1n) is 6.15. The van der Waals surface area contributed by atoms with Crippen LogP contribution in [0.2, 0.25) is 0 Å². The van der Waals surface area contributed by atoms with Crippen LogP contribution in [0.4, 0.5) is 16.2 Å². The molecule has 2 aromatic heterocycles. The highest BCUT2D eigenvalue weighted by Gasteiger charge is 2.06. The lowest BCUT2D eigenvalue weighted by Crippen LogP contribution is -2.19. The van der Waals surface area contributed by atoms with E-state index < -0.39 is 0 Å². The molecule has 5 heteroatoms. The molecule has 20 heavy (non-hydrogen) atoms. The fourth-order valence-corrected chi connectivity index (χ4v) is 1.93. The average Bonchev–Trinajstić information content (AvgIpc) is 2.48. The molecule has 0 radical (unpaired) electrons. The minimum absolute atomic E-state index is 0.311. The number of hydrogen-bond acceptors (Lipinski definition) is 3. The zero-order chi connectivity index (χ0) is 13.8. The minimum Gasteiger partial charge on any atom is -0.307 e. The van der Waals surface area contributed by atoms with Gasteiger partial charge in [0.1, 0.15) is 0 Å². The van der Waals surface area contributed by atoms with Gasteiger partial charge in [-0.1, -0.05) is 6.07 Å². The summed E-state index contributed by atoms with van der Waals surface area (Å²) in [5.41, 5.74) is 2.20. The summed E-state index contributed by atoms with van der Waals surface area (Å²) in [5.74, 6) is 0. The van der Waals surface area contributed by atoms with Gasteiger partial charge in [0.05, 0.1) is 23.1 Å². The number of fused-ring (bicyclic) bond motifs is 1. The van der Waals surface area contributed by atoms with Crippen molar-refractivity contribution in [1.82, 2.24) is 9.97 Å². The summed E-state index contributed by atoms with van der Waals surface area (Å²) in [7, 11) is 0. The van der Waals surface area contributed by atoms with Crippen molar-refractivity contribution in [1.29, 1.82) is 0 Å². The van der Waals surface area contributed by atoms with E-state index in [1.54, 1.807) is 30.7 Å². The smallest absolute Gasteiger partial charge is 0.307 e. The van der Waals surface area contributed by atoms with E-state index in [-0.39, 0.29) is 6.03 Å². The Morgan fingerprint density at radius 3 is 2.70 bits per heavy atom. The van der Waals surface area contributed by atoms with Crippen LogP contribution in [0.5, 0.6) is 0 Å². The number of hydrogen-bond donors (Lipinski definition) is 2. The van der Waals surface area contributed by atoms with Crippen LogP contribution in [0.3, 0.4) is 0 Å². The molecule has 0 atom stereocenters. The lowest BCUT2D eigenvalue weighted by atomic mass is 10.2. The predicted molar refractivity (Wildman–Crippen MR) is 78.6 cm³/mol. The first-order chi connectivity index (χ1) is 9.83. The van der Waals surface area contributed by atoms with Gasteiger partial charge in [-0.25, -0.2) is 4.79 Å². The van der Waals surface area contributed by atoms with Gasteiger partial charge in [-0.15, -0.1) is 0 Å². The molecule has 2 amide bonds. The maximum absolute atomic E-state index is 12.0. The van der Waals surface area contributed by atoms with Gasteiger partial charge in [-0.2, -0.15) is 0 Å². The van der Waals surface area contributed by atoms with E-state index in [0.717, 1.165) is 16.6 Å². The van der Waals surface area contributed by atoms with Crippen molar-refractivity contribution < 1.29 is 4.79 Å². The van der Waals surface area contributed by atoms with E-state index in [4.69, 9.17) is 0 Å². The number of urea groups is 1. The van der Waals surface area contributed by atoms with Crippen molar-refractivity contribution in [3.05, 3.63) is 61.1 Å². The monoisotopic (exact) mass is 264 g/mol. The van der Waals surface area contributed by atoms with E-state index in [2.05, 4.69) is 20.6 Å². The van der Waals surface area contributed by atoms with Crippen LogP contribution in [0.15, 0.2) is 61.1 Å². The van der Waals surface area contributed by atoms with Gasteiger partial charge in [0, 0.05) is 17.8 Å². The van der Waals surface area contributed by atoms with Gasteiger partial charge in [-0.3, -0.25) is 9.97 Å². The van der Waals surface area contributed by atoms with Crippen LogP contribution in [0, 0.1) is 0 Å². The molecule has 0 aliphatic rings. The molecular formula is C15H12N4O. The fourth-order valence-electron chi connectivity index (χ4n) is 1.93. The van der Waals surface area contributed by atoms with E-state index in [1.165, 1.54) is 0 Å². The van der Waals surface area contributed by atoms with Crippen molar-refractivity contribution >= 4 is 28.3 Å². The molecule has 0 spiro atoms. The first-order valence-corrected chi connectivity index (χ1v) is 6.15. The molecule has 3 aromatic rings. The number of anilines is 2. The summed E-state index contributed by atoms with van der Waals surface area (Å²) in [6.45, 7) is 0. The quantitative estimate of drug-likeness (QED) is 0.746. The van der Waals surface area contributed by atoms with Crippen molar-refractivity contribution in [2.45, 2.75) is 0 Å². The number of benzene rings is 1. The Morgan fingerprint density at radius 2 is 1.85 bits per heavy atom. The van der Waals surface area contributed by atoms with Crippen LogP contribution in [-0.4, -0.2) is 16.0 Å². The second-order valence-electron chi connectivity index (χ2n) is 4.20. The average molecular weight is 264 g/mol. The molecule has 0 bridgehead atoms. The molecule has 2 N–H and O–H groups in total. The predicted octanol–water partition coefficient (Wildman–Crippen LogP) is 3.27. The number of nitrogens with one attached hydrogen (secondary N) is 2. The summed E-state index contributed by atoms with van der Waals surface area (Å²) >= 11 is 0. The number of aromatic nitrogens is 2. The van der Waals surface area contributed by atoms with Crippen molar-refractivity contribution in [2.24, 2.45) is 0 Å². The van der Waals surface area contributed by atoms with Crippen molar-refractivity contribution in [3.63, 3.8) is 0 Å². The third kappa shape index (κ3) is 2.56. The van der Waals surface area contributed by atoms with Gasteiger partial charge in [0.25, 0.3) is 0 Å². The molecule has 0 aliphatic heterocycles. The van der Waals surface area contributed by atoms with Crippen LogP contribution in [0.25, 0.3) is 10.9 Å². The highest BCUT2D eigenvalue weighted by atomic mass is 16.2. The normalized spacial score (nSPS) is 10.2. The summed E-state index contributed by atoms with van der Waals surface area (Å²) in [4.78, 5) is 20.1. The van der Waals surface area contributed by atoms with Gasteiger partial charge in [0.15, 0.2) is 0 Å². The third-order valence-corrected chi connectivity index (χ3v) is 2.81. The maximum atomic E-state index is 12.0. The lowest BCUT2D eigenvalue weighted by molar-refractivity contribution is 0.262. The molecule has 0 aliphatic carbocycles. The number of carbonyl (C=O) groups excluding carboxylic acids is 1. The molecular weight excluding hydrogens is 252 g/mol. The van der Waals surface area contributed by atoms with Crippen molar-refractivity contribution in [3.8, 4) is 0 Å².